The van der Waals surface area contributed by atoms with E-state index in [1.165, 1.54) is 18.7 Å². The van der Waals surface area contributed by atoms with E-state index in [1.54, 1.807) is 13.2 Å². The van der Waals surface area contributed by atoms with E-state index in [4.69, 9.17) is 4.74 Å². The van der Waals surface area contributed by atoms with Crippen molar-refractivity contribution in [3.8, 4) is 5.75 Å². The van der Waals surface area contributed by atoms with Crippen molar-refractivity contribution in [2.24, 2.45) is 0 Å². The highest BCUT2D eigenvalue weighted by Crippen LogP contribution is 2.26. The summed E-state index contributed by atoms with van der Waals surface area (Å²) in [5, 5.41) is 5.33. The van der Waals surface area contributed by atoms with E-state index in [0.29, 0.717) is 11.4 Å². The zero-order valence-electron chi connectivity index (χ0n) is 13.8. The van der Waals surface area contributed by atoms with Gasteiger partial charge in [0.05, 0.1) is 12.4 Å². The van der Waals surface area contributed by atoms with Gasteiger partial charge in [0.2, 0.25) is 11.8 Å². The lowest BCUT2D eigenvalue weighted by molar-refractivity contribution is -0.115. The highest BCUT2D eigenvalue weighted by Gasteiger charge is 2.15. The molecule has 5 nitrogen and oxygen atoms in total. The molecule has 6 heteroatoms. The maximum absolute atomic E-state index is 12.3. The second-order valence-electron chi connectivity index (χ2n) is 5.19. The van der Waals surface area contributed by atoms with Crippen molar-refractivity contribution in [3.05, 3.63) is 48.5 Å². The zero-order valence-corrected chi connectivity index (χ0v) is 14.6. The van der Waals surface area contributed by atoms with Gasteiger partial charge in [0, 0.05) is 29.3 Å². The van der Waals surface area contributed by atoms with Crippen LogP contribution in [0.2, 0.25) is 0 Å². The van der Waals surface area contributed by atoms with Crippen LogP contribution in [0.25, 0.3) is 0 Å². The maximum Gasteiger partial charge on any atom is 0.237 e. The molecule has 0 unspecified atom stereocenters. The third-order valence-corrected chi connectivity index (χ3v) is 4.31. The molecule has 2 aromatic rings. The fourth-order valence-electron chi connectivity index (χ4n) is 2.02. The number of nitrogens with one attached hydrogen (secondary N) is 2. The number of amides is 2. The van der Waals surface area contributed by atoms with Gasteiger partial charge in [0.1, 0.15) is 5.75 Å². The molecule has 0 aromatic heterocycles. The first kappa shape index (κ1) is 17.9. The number of thioether (sulfide) groups is 1. The quantitative estimate of drug-likeness (QED) is 0.783. The Kier molecular flexibility index (Phi) is 6.26. The Balaban J connectivity index is 1.94. The molecule has 0 aliphatic rings. The molecular weight excluding hydrogens is 324 g/mol. The average Bonchev–Trinajstić information content (AvgIpc) is 2.56. The number of carbonyl (C=O) groups is 2. The number of ether oxygens (including phenoxy) is 1. The standard InChI is InChI=1S/C18H20N2O3S/c1-12(18(22)20-15-5-4-6-16(11-15)23-3)24-17-9-7-14(8-10-17)19-13(2)21/h4-12H,1-3H3,(H,19,21)(H,20,22)/t12-/m1/s1. The van der Waals surface area contributed by atoms with Crippen LogP contribution in [0.1, 0.15) is 13.8 Å². The SMILES string of the molecule is COc1cccc(NC(=O)[C@@H](C)Sc2ccc(NC(C)=O)cc2)c1. The normalized spacial score (nSPS) is 11.5. The topological polar surface area (TPSA) is 67.4 Å². The molecule has 0 fully saturated rings. The predicted molar refractivity (Wildman–Crippen MR) is 97.7 cm³/mol. The van der Waals surface area contributed by atoms with Crippen LogP contribution in [0.3, 0.4) is 0 Å². The Morgan fingerprint density at radius 3 is 2.38 bits per heavy atom. The molecule has 0 bridgehead atoms. The summed E-state index contributed by atoms with van der Waals surface area (Å²) in [4.78, 5) is 24.3. The highest BCUT2D eigenvalue weighted by molar-refractivity contribution is 8.00. The summed E-state index contributed by atoms with van der Waals surface area (Å²) < 4.78 is 5.14. The molecule has 0 spiro atoms. The monoisotopic (exact) mass is 344 g/mol. The predicted octanol–water partition coefficient (Wildman–Crippen LogP) is 3.77. The van der Waals surface area contributed by atoms with Crippen molar-refractivity contribution in [2.45, 2.75) is 24.0 Å². The number of carbonyl (C=O) groups excluding carboxylic acids is 2. The summed E-state index contributed by atoms with van der Waals surface area (Å²) in [6.07, 6.45) is 0. The molecule has 1 atom stereocenters. The molecule has 2 rings (SSSR count). The van der Waals surface area contributed by atoms with Crippen molar-refractivity contribution in [1.29, 1.82) is 0 Å². The first-order valence-electron chi connectivity index (χ1n) is 7.47. The number of anilines is 2. The lowest BCUT2D eigenvalue weighted by atomic mass is 10.3. The van der Waals surface area contributed by atoms with E-state index in [2.05, 4.69) is 10.6 Å². The summed E-state index contributed by atoms with van der Waals surface area (Å²) in [5.41, 5.74) is 1.44. The molecule has 0 aliphatic carbocycles. The van der Waals surface area contributed by atoms with Crippen molar-refractivity contribution < 1.29 is 14.3 Å². The number of hydrogen-bond acceptors (Lipinski definition) is 4. The van der Waals surface area contributed by atoms with Gasteiger partial charge >= 0.3 is 0 Å². The Morgan fingerprint density at radius 2 is 1.75 bits per heavy atom. The van der Waals surface area contributed by atoms with Crippen LogP contribution >= 0.6 is 11.8 Å². The lowest BCUT2D eigenvalue weighted by Gasteiger charge is -2.13. The van der Waals surface area contributed by atoms with Crippen molar-refractivity contribution in [1.82, 2.24) is 0 Å². The van der Waals surface area contributed by atoms with Gasteiger partial charge < -0.3 is 15.4 Å². The van der Waals surface area contributed by atoms with Crippen LogP contribution in [0.4, 0.5) is 11.4 Å². The fourth-order valence-corrected chi connectivity index (χ4v) is 2.89. The molecule has 0 aliphatic heterocycles. The second kappa shape index (κ2) is 8.40. The van der Waals surface area contributed by atoms with Crippen molar-refractivity contribution >= 4 is 35.0 Å². The zero-order chi connectivity index (χ0) is 17.5. The number of rotatable bonds is 6. The van der Waals surface area contributed by atoms with Gasteiger partial charge in [-0.3, -0.25) is 9.59 Å². The first-order chi connectivity index (χ1) is 11.5. The first-order valence-corrected chi connectivity index (χ1v) is 8.35. The number of methoxy groups -OCH3 is 1. The lowest BCUT2D eigenvalue weighted by Crippen LogP contribution is -2.22. The summed E-state index contributed by atoms with van der Waals surface area (Å²) in [6, 6.07) is 14.6. The minimum absolute atomic E-state index is 0.0841. The Hall–Kier alpha value is -2.47. The minimum Gasteiger partial charge on any atom is -0.497 e. The van der Waals surface area contributed by atoms with Gasteiger partial charge in [-0.25, -0.2) is 0 Å². The largest absolute Gasteiger partial charge is 0.497 e. The molecule has 0 saturated carbocycles. The third-order valence-electron chi connectivity index (χ3n) is 3.19. The molecule has 2 aromatic carbocycles. The molecule has 126 valence electrons. The molecule has 0 radical (unpaired) electrons. The van der Waals surface area contributed by atoms with Gasteiger partial charge in [-0.2, -0.15) is 0 Å². The van der Waals surface area contributed by atoms with Crippen LogP contribution in [0.15, 0.2) is 53.4 Å². The molecule has 0 heterocycles. The highest BCUT2D eigenvalue weighted by atomic mass is 32.2. The minimum atomic E-state index is -0.261. The molecule has 24 heavy (non-hydrogen) atoms. The molecule has 0 saturated heterocycles. The van der Waals surface area contributed by atoms with E-state index in [9.17, 15) is 9.59 Å². The van der Waals surface area contributed by atoms with Gasteiger partial charge in [0.25, 0.3) is 0 Å². The summed E-state index contributed by atoms with van der Waals surface area (Å²) in [6.45, 7) is 3.32. The summed E-state index contributed by atoms with van der Waals surface area (Å²) in [5.74, 6) is 0.502. The molecular formula is C18H20N2O3S. The van der Waals surface area contributed by atoms with Gasteiger partial charge in [-0.1, -0.05) is 6.07 Å². The van der Waals surface area contributed by atoms with Crippen molar-refractivity contribution in [3.63, 3.8) is 0 Å². The van der Waals surface area contributed by atoms with Crippen LogP contribution in [0.5, 0.6) is 5.75 Å². The maximum atomic E-state index is 12.3. The molecule has 2 N–H and O–H groups in total. The van der Waals surface area contributed by atoms with E-state index in [1.807, 2.05) is 49.4 Å². The molecule has 2 amide bonds. The van der Waals surface area contributed by atoms with Gasteiger partial charge in [0.15, 0.2) is 0 Å². The van der Waals surface area contributed by atoms with Crippen LogP contribution < -0.4 is 15.4 Å². The summed E-state index contributed by atoms with van der Waals surface area (Å²) in [7, 11) is 1.59. The average molecular weight is 344 g/mol. The van der Waals surface area contributed by atoms with E-state index in [0.717, 1.165) is 10.6 Å². The third kappa shape index (κ3) is 5.31. The Morgan fingerprint density at radius 1 is 1.04 bits per heavy atom. The summed E-state index contributed by atoms with van der Waals surface area (Å²) >= 11 is 1.45. The second-order valence-corrected chi connectivity index (χ2v) is 6.60. The van der Waals surface area contributed by atoms with E-state index < -0.39 is 0 Å². The van der Waals surface area contributed by atoms with Crippen LogP contribution in [-0.4, -0.2) is 24.2 Å². The number of hydrogen-bond donors (Lipinski definition) is 2. The van der Waals surface area contributed by atoms with Gasteiger partial charge in [-0.15, -0.1) is 11.8 Å². The van der Waals surface area contributed by atoms with Gasteiger partial charge in [-0.05, 0) is 43.3 Å². The van der Waals surface area contributed by atoms with Crippen molar-refractivity contribution in [2.75, 3.05) is 17.7 Å². The van der Waals surface area contributed by atoms with Crippen LogP contribution in [0, 0.1) is 0 Å². The Bertz CT molecular complexity index is 716. The Labute approximate surface area is 145 Å². The van der Waals surface area contributed by atoms with E-state index >= 15 is 0 Å². The van der Waals surface area contributed by atoms with E-state index in [-0.39, 0.29) is 17.1 Å². The van der Waals surface area contributed by atoms with Crippen LogP contribution in [-0.2, 0) is 9.59 Å². The smallest absolute Gasteiger partial charge is 0.237 e. The number of benzene rings is 2. The fraction of sp³-hybridized carbons (Fsp3) is 0.222.